The highest BCUT2D eigenvalue weighted by atomic mass is 35.5. The number of hydrogen-bond donors (Lipinski definition) is 2. The Hall–Kier alpha value is -1.68. The third-order valence-electron chi connectivity index (χ3n) is 2.12. The molecule has 1 heterocycles. The Morgan fingerprint density at radius 2 is 2.20 bits per heavy atom. The maximum Gasteiger partial charge on any atom is 0.352 e. The third kappa shape index (κ3) is 1.64. The zero-order valence-electron chi connectivity index (χ0n) is 7.87. The largest absolute Gasteiger partial charge is 0.495 e. The van der Waals surface area contributed by atoms with Crippen LogP contribution in [0.2, 0.25) is 5.02 Å². The van der Waals surface area contributed by atoms with Gasteiger partial charge in [0.15, 0.2) is 0 Å². The summed E-state index contributed by atoms with van der Waals surface area (Å²) in [6, 6.07) is 4.87. The van der Waals surface area contributed by atoms with E-state index in [1.165, 1.54) is 13.2 Å². The van der Waals surface area contributed by atoms with Crippen LogP contribution in [0, 0.1) is 0 Å². The topological polar surface area (TPSA) is 62.3 Å². The molecular formula is C10H8ClNO3. The smallest absolute Gasteiger partial charge is 0.352 e. The van der Waals surface area contributed by atoms with Crippen molar-refractivity contribution in [3.05, 3.63) is 28.9 Å². The summed E-state index contributed by atoms with van der Waals surface area (Å²) in [6.45, 7) is 0. The molecule has 0 aliphatic carbocycles. The molecule has 0 spiro atoms. The summed E-state index contributed by atoms with van der Waals surface area (Å²) in [5, 5.41) is 9.99. The molecule has 0 saturated carbocycles. The van der Waals surface area contributed by atoms with E-state index in [2.05, 4.69) is 4.98 Å². The monoisotopic (exact) mass is 225 g/mol. The normalized spacial score (nSPS) is 10.5. The molecule has 0 radical (unpaired) electrons. The molecule has 0 atom stereocenters. The van der Waals surface area contributed by atoms with Crippen LogP contribution in [0.1, 0.15) is 10.5 Å². The average Bonchev–Trinajstić information content (AvgIpc) is 2.59. The number of rotatable bonds is 2. The predicted octanol–water partition coefficient (Wildman–Crippen LogP) is 2.53. The number of carboxylic acid groups (broad SMARTS) is 1. The fourth-order valence-electron chi connectivity index (χ4n) is 1.40. The quantitative estimate of drug-likeness (QED) is 0.826. The van der Waals surface area contributed by atoms with Crippen molar-refractivity contribution in [2.45, 2.75) is 0 Å². The summed E-state index contributed by atoms with van der Waals surface area (Å²) in [6.07, 6.45) is 0. The van der Waals surface area contributed by atoms with Gasteiger partial charge in [0.05, 0.1) is 12.1 Å². The van der Waals surface area contributed by atoms with Gasteiger partial charge in [-0.1, -0.05) is 11.6 Å². The number of nitrogens with one attached hydrogen (secondary N) is 1. The van der Waals surface area contributed by atoms with E-state index in [1.807, 2.05) is 0 Å². The minimum absolute atomic E-state index is 0.134. The maximum atomic E-state index is 10.7. The predicted molar refractivity (Wildman–Crippen MR) is 56.8 cm³/mol. The molecular weight excluding hydrogens is 218 g/mol. The number of benzene rings is 1. The molecule has 0 unspecified atom stereocenters. The Labute approximate surface area is 90.4 Å². The second-order valence-corrected chi connectivity index (χ2v) is 3.47. The number of H-pyrrole nitrogens is 1. The number of aromatic amines is 1. The second-order valence-electron chi connectivity index (χ2n) is 3.06. The highest BCUT2D eigenvalue weighted by Crippen LogP contribution is 2.29. The number of halogens is 1. The van der Waals surface area contributed by atoms with Gasteiger partial charge in [-0.25, -0.2) is 4.79 Å². The molecule has 5 heteroatoms. The van der Waals surface area contributed by atoms with E-state index >= 15 is 0 Å². The lowest BCUT2D eigenvalue weighted by Crippen LogP contribution is -1.94. The van der Waals surface area contributed by atoms with Crippen molar-refractivity contribution in [2.75, 3.05) is 7.11 Å². The van der Waals surface area contributed by atoms with E-state index in [-0.39, 0.29) is 5.69 Å². The summed E-state index contributed by atoms with van der Waals surface area (Å²) in [5.41, 5.74) is 0.822. The molecule has 2 aromatic rings. The molecule has 0 saturated heterocycles. The third-order valence-corrected chi connectivity index (χ3v) is 2.42. The number of carbonyl (C=O) groups is 1. The molecule has 0 fully saturated rings. The first-order valence-electron chi connectivity index (χ1n) is 4.21. The van der Waals surface area contributed by atoms with Gasteiger partial charge in [-0.15, -0.1) is 0 Å². The zero-order valence-corrected chi connectivity index (χ0v) is 8.63. The number of fused-ring (bicyclic) bond motifs is 1. The maximum absolute atomic E-state index is 10.7. The van der Waals surface area contributed by atoms with Gasteiger partial charge in [0.2, 0.25) is 0 Å². The van der Waals surface area contributed by atoms with Crippen LogP contribution in [-0.4, -0.2) is 23.2 Å². The van der Waals surface area contributed by atoms with Crippen molar-refractivity contribution in [3.63, 3.8) is 0 Å². The number of aromatic carboxylic acids is 1. The summed E-state index contributed by atoms with van der Waals surface area (Å²) in [7, 11) is 1.51. The van der Waals surface area contributed by atoms with Gasteiger partial charge in [-0.3, -0.25) is 0 Å². The first-order chi connectivity index (χ1) is 7.11. The van der Waals surface area contributed by atoms with Gasteiger partial charge in [0.1, 0.15) is 11.4 Å². The summed E-state index contributed by atoms with van der Waals surface area (Å²) in [5.74, 6) is -0.482. The van der Waals surface area contributed by atoms with Crippen molar-refractivity contribution >= 4 is 28.5 Å². The summed E-state index contributed by atoms with van der Waals surface area (Å²) in [4.78, 5) is 13.5. The van der Waals surface area contributed by atoms with E-state index in [9.17, 15) is 4.79 Å². The van der Waals surface area contributed by atoms with Crippen LogP contribution in [0.5, 0.6) is 5.75 Å². The lowest BCUT2D eigenvalue weighted by atomic mass is 10.2. The van der Waals surface area contributed by atoms with E-state index < -0.39 is 5.97 Å². The van der Waals surface area contributed by atoms with Gasteiger partial charge in [0.25, 0.3) is 0 Å². The Balaban J connectivity index is 2.66. The number of methoxy groups -OCH3 is 1. The van der Waals surface area contributed by atoms with Gasteiger partial charge < -0.3 is 14.8 Å². The lowest BCUT2D eigenvalue weighted by Gasteiger charge is -2.01. The molecule has 0 aliphatic rings. The first-order valence-corrected chi connectivity index (χ1v) is 4.59. The Kier molecular flexibility index (Phi) is 2.28. The van der Waals surface area contributed by atoms with Crippen LogP contribution >= 0.6 is 11.6 Å². The molecule has 0 bridgehead atoms. The zero-order chi connectivity index (χ0) is 11.0. The molecule has 2 N–H and O–H groups in total. The van der Waals surface area contributed by atoms with Crippen molar-refractivity contribution in [1.82, 2.24) is 4.98 Å². The standard InChI is InChI=1S/C10H8ClNO3/c1-15-9-4-7-5(2-6(9)11)3-8(12-7)10(13)14/h2-4,12H,1H3,(H,13,14). The van der Waals surface area contributed by atoms with Crippen molar-refractivity contribution in [1.29, 1.82) is 0 Å². The van der Waals surface area contributed by atoms with E-state index in [1.54, 1.807) is 12.1 Å². The van der Waals surface area contributed by atoms with Crippen molar-refractivity contribution < 1.29 is 14.6 Å². The summed E-state index contributed by atoms with van der Waals surface area (Å²) >= 11 is 5.91. The molecule has 1 aromatic heterocycles. The molecule has 0 aliphatic heterocycles. The van der Waals surface area contributed by atoms with Gasteiger partial charge in [0, 0.05) is 17.0 Å². The summed E-state index contributed by atoms with van der Waals surface area (Å²) < 4.78 is 5.02. The number of hydrogen-bond acceptors (Lipinski definition) is 2. The van der Waals surface area contributed by atoms with Crippen LogP contribution in [0.4, 0.5) is 0 Å². The average molecular weight is 226 g/mol. The first kappa shape index (κ1) is 9.86. The van der Waals surface area contributed by atoms with E-state index in [4.69, 9.17) is 21.4 Å². The van der Waals surface area contributed by atoms with Crippen LogP contribution in [-0.2, 0) is 0 Å². The number of ether oxygens (including phenoxy) is 1. The minimum atomic E-state index is -0.999. The molecule has 78 valence electrons. The van der Waals surface area contributed by atoms with Crippen LogP contribution < -0.4 is 4.74 Å². The number of aromatic nitrogens is 1. The highest BCUT2D eigenvalue weighted by molar-refractivity contribution is 6.32. The minimum Gasteiger partial charge on any atom is -0.495 e. The fourth-order valence-corrected chi connectivity index (χ4v) is 1.65. The Bertz CT molecular complexity index is 533. The van der Waals surface area contributed by atoms with Crippen LogP contribution in [0.3, 0.4) is 0 Å². The molecule has 1 aromatic carbocycles. The van der Waals surface area contributed by atoms with Gasteiger partial charge >= 0.3 is 5.97 Å². The SMILES string of the molecule is COc1cc2[nH]c(C(=O)O)cc2cc1Cl. The lowest BCUT2D eigenvalue weighted by molar-refractivity contribution is 0.0691. The van der Waals surface area contributed by atoms with Gasteiger partial charge in [-0.05, 0) is 12.1 Å². The van der Waals surface area contributed by atoms with E-state index in [0.29, 0.717) is 16.3 Å². The second kappa shape index (κ2) is 3.47. The molecule has 0 amide bonds. The van der Waals surface area contributed by atoms with E-state index in [0.717, 1.165) is 5.39 Å². The highest BCUT2D eigenvalue weighted by Gasteiger charge is 2.10. The Morgan fingerprint density at radius 3 is 2.80 bits per heavy atom. The van der Waals surface area contributed by atoms with Crippen molar-refractivity contribution in [3.8, 4) is 5.75 Å². The van der Waals surface area contributed by atoms with Crippen molar-refractivity contribution in [2.24, 2.45) is 0 Å². The van der Waals surface area contributed by atoms with Gasteiger partial charge in [-0.2, -0.15) is 0 Å². The van der Waals surface area contributed by atoms with Crippen LogP contribution in [0.25, 0.3) is 10.9 Å². The number of carboxylic acids is 1. The molecule has 15 heavy (non-hydrogen) atoms. The fraction of sp³-hybridized carbons (Fsp3) is 0.100. The van der Waals surface area contributed by atoms with Crippen LogP contribution in [0.15, 0.2) is 18.2 Å². The molecule has 2 rings (SSSR count). The Morgan fingerprint density at radius 1 is 1.47 bits per heavy atom. The molecule has 4 nitrogen and oxygen atoms in total.